The first-order chi connectivity index (χ1) is 13.1. The Morgan fingerprint density at radius 2 is 1.37 bits per heavy atom. The summed E-state index contributed by atoms with van der Waals surface area (Å²) in [7, 11) is 1.88. The lowest BCUT2D eigenvalue weighted by Gasteiger charge is -2.36. The Hall–Kier alpha value is -2.47. The van der Waals surface area contributed by atoms with Gasteiger partial charge in [-0.3, -0.25) is 8.86 Å². The van der Waals surface area contributed by atoms with E-state index in [1.54, 1.807) is 4.31 Å². The van der Waals surface area contributed by atoms with E-state index in [4.69, 9.17) is 0 Å². The molecule has 2 N–H and O–H groups in total. The second-order valence-electron chi connectivity index (χ2n) is 6.42. The first-order valence-electron chi connectivity index (χ1n) is 8.86. The molecule has 3 rings (SSSR count). The highest BCUT2D eigenvalue weighted by Crippen LogP contribution is 2.38. The van der Waals surface area contributed by atoms with Gasteiger partial charge in [-0.1, -0.05) is 78.4 Å². The fourth-order valence-corrected chi connectivity index (χ4v) is 4.06. The number of nitrogens with zero attached hydrogens (tertiary/aromatic N) is 1. The van der Waals surface area contributed by atoms with Gasteiger partial charge in [0.15, 0.2) is 0 Å². The van der Waals surface area contributed by atoms with Crippen molar-refractivity contribution in [3.8, 4) is 0 Å². The molecule has 0 aliphatic carbocycles. The summed E-state index contributed by atoms with van der Waals surface area (Å²) in [6, 6.07) is 27.0. The molecule has 0 fully saturated rings. The molecule has 3 aromatic carbocycles. The zero-order chi connectivity index (χ0) is 19.2. The molecule has 0 aliphatic heterocycles. The molecular weight excluding hydrogens is 356 g/mol. The molecule has 27 heavy (non-hydrogen) atoms. The van der Waals surface area contributed by atoms with Gasteiger partial charge < -0.3 is 5.32 Å². The Morgan fingerprint density at radius 3 is 1.85 bits per heavy atom. The van der Waals surface area contributed by atoms with Gasteiger partial charge in [0.25, 0.3) is 11.3 Å². The molecule has 4 nitrogen and oxygen atoms in total. The first kappa shape index (κ1) is 19.3. The summed E-state index contributed by atoms with van der Waals surface area (Å²) in [6.07, 6.45) is 0. The lowest BCUT2D eigenvalue weighted by molar-refractivity contribution is 0.475. The van der Waals surface area contributed by atoms with Crippen molar-refractivity contribution < 1.29 is 8.76 Å². The van der Waals surface area contributed by atoms with Crippen molar-refractivity contribution in [2.45, 2.75) is 19.0 Å². The molecule has 0 aromatic heterocycles. The van der Waals surface area contributed by atoms with Gasteiger partial charge in [-0.2, -0.15) is 0 Å². The highest BCUT2D eigenvalue weighted by molar-refractivity contribution is 7.80. The van der Waals surface area contributed by atoms with Crippen molar-refractivity contribution in [2.75, 3.05) is 11.4 Å². The monoisotopic (exact) mass is 380 g/mol. The van der Waals surface area contributed by atoms with Crippen molar-refractivity contribution in [3.63, 3.8) is 0 Å². The average Bonchev–Trinajstić information content (AvgIpc) is 2.70. The van der Waals surface area contributed by atoms with Gasteiger partial charge >= 0.3 is 0 Å². The van der Waals surface area contributed by atoms with Crippen molar-refractivity contribution >= 4 is 17.0 Å². The number of hydrogen-bond donors (Lipinski definition) is 2. The molecule has 2 unspecified atom stereocenters. The van der Waals surface area contributed by atoms with Crippen LogP contribution in [0.15, 0.2) is 84.9 Å². The van der Waals surface area contributed by atoms with Crippen molar-refractivity contribution in [2.24, 2.45) is 0 Å². The van der Waals surface area contributed by atoms with E-state index in [2.05, 4.69) is 5.32 Å². The maximum Gasteiger partial charge on any atom is 0.262 e. The lowest BCUT2D eigenvalue weighted by Crippen LogP contribution is -2.38. The quantitative estimate of drug-likeness (QED) is 0.587. The molecule has 0 radical (unpaired) electrons. The number of benzene rings is 3. The van der Waals surface area contributed by atoms with Crippen molar-refractivity contribution in [1.82, 2.24) is 5.32 Å². The Balaban J connectivity index is 2.15. The molecular formula is C22H24N2O2S. The Kier molecular flexibility index (Phi) is 6.40. The van der Waals surface area contributed by atoms with Crippen LogP contribution < -0.4 is 9.62 Å². The van der Waals surface area contributed by atoms with Gasteiger partial charge in [-0.15, -0.1) is 0 Å². The van der Waals surface area contributed by atoms with Gasteiger partial charge in [0.2, 0.25) is 0 Å². The lowest BCUT2D eigenvalue weighted by atomic mass is 9.93. The van der Waals surface area contributed by atoms with Crippen LogP contribution in [0, 0.1) is 6.92 Å². The Labute approximate surface area is 163 Å². The zero-order valence-electron chi connectivity index (χ0n) is 15.4. The normalized spacial score (nSPS) is 14.3. The second kappa shape index (κ2) is 8.95. The van der Waals surface area contributed by atoms with E-state index in [0.29, 0.717) is 5.69 Å². The van der Waals surface area contributed by atoms with E-state index in [0.717, 1.165) is 16.7 Å². The maximum absolute atomic E-state index is 12.5. The summed E-state index contributed by atoms with van der Waals surface area (Å²) in [5, 5.41) is 3.35. The van der Waals surface area contributed by atoms with Crippen molar-refractivity contribution in [1.29, 1.82) is 0 Å². The number of rotatable bonds is 7. The van der Waals surface area contributed by atoms with Crippen LogP contribution in [0.25, 0.3) is 0 Å². The maximum atomic E-state index is 12.5. The first-order valence-corrected chi connectivity index (χ1v) is 9.92. The highest BCUT2D eigenvalue weighted by Gasteiger charge is 2.33. The molecule has 0 bridgehead atoms. The van der Waals surface area contributed by atoms with Crippen LogP contribution in [0.4, 0.5) is 5.69 Å². The molecule has 0 heterocycles. The fraction of sp³-hybridized carbons (Fsp3) is 0.182. The molecule has 0 saturated carbocycles. The number of hydrogen-bond acceptors (Lipinski definition) is 2. The standard InChI is InChI=1S/C22H24N2O2S/c1-17-13-15-20(16-14-17)24(27(25)26)22(19-11-7-4-8-12-19)21(23-2)18-9-5-3-6-10-18/h3-16,21-23H,1-2H3,(H,25,26)/t21?,22-/m1/s1. The van der Waals surface area contributed by atoms with Crippen LogP contribution in [0.3, 0.4) is 0 Å². The summed E-state index contributed by atoms with van der Waals surface area (Å²) in [5.74, 6) is 0. The molecule has 5 heteroatoms. The molecule has 3 atom stereocenters. The minimum atomic E-state index is -2.19. The molecule has 0 spiro atoms. The SMILES string of the molecule is CNC(c1ccccc1)[C@@H](c1ccccc1)N(c1ccc(C)cc1)S(=O)O. The minimum Gasteiger partial charge on any atom is -0.311 e. The van der Waals surface area contributed by atoms with E-state index >= 15 is 0 Å². The fourth-order valence-electron chi connectivity index (χ4n) is 3.32. The third kappa shape index (κ3) is 4.45. The summed E-state index contributed by atoms with van der Waals surface area (Å²) in [5.41, 5.74) is 3.82. The predicted octanol–water partition coefficient (Wildman–Crippen LogP) is 4.64. The van der Waals surface area contributed by atoms with Gasteiger partial charge in [-0.25, -0.2) is 4.21 Å². The predicted molar refractivity (Wildman–Crippen MR) is 112 cm³/mol. The molecule has 0 aliphatic rings. The minimum absolute atomic E-state index is 0.175. The Morgan fingerprint density at radius 1 is 0.852 bits per heavy atom. The van der Waals surface area contributed by atoms with Gasteiger partial charge in [-0.05, 0) is 37.2 Å². The average molecular weight is 381 g/mol. The molecule has 0 saturated heterocycles. The largest absolute Gasteiger partial charge is 0.311 e. The third-order valence-electron chi connectivity index (χ3n) is 4.64. The summed E-state index contributed by atoms with van der Waals surface area (Å²) >= 11 is -2.19. The van der Waals surface area contributed by atoms with Crippen molar-refractivity contribution in [3.05, 3.63) is 102 Å². The van der Waals surface area contributed by atoms with E-state index in [1.807, 2.05) is 98.9 Å². The van der Waals surface area contributed by atoms with E-state index in [1.165, 1.54) is 0 Å². The topological polar surface area (TPSA) is 52.6 Å². The highest BCUT2D eigenvalue weighted by atomic mass is 32.2. The van der Waals surface area contributed by atoms with Crippen LogP contribution >= 0.6 is 0 Å². The van der Waals surface area contributed by atoms with Crippen LogP contribution in [-0.2, 0) is 11.3 Å². The van der Waals surface area contributed by atoms with Crippen LogP contribution in [0.1, 0.15) is 28.8 Å². The summed E-state index contributed by atoms with van der Waals surface area (Å²) < 4.78 is 24.2. The van der Waals surface area contributed by atoms with Crippen LogP contribution in [-0.4, -0.2) is 15.8 Å². The number of likely N-dealkylation sites (N-methyl/N-ethyl adjacent to an activating group) is 1. The third-order valence-corrected chi connectivity index (χ3v) is 5.41. The molecule has 0 amide bonds. The van der Waals surface area contributed by atoms with Gasteiger partial charge in [0, 0.05) is 0 Å². The zero-order valence-corrected chi connectivity index (χ0v) is 16.3. The van der Waals surface area contributed by atoms with Gasteiger partial charge in [0.05, 0.1) is 17.8 Å². The van der Waals surface area contributed by atoms with E-state index < -0.39 is 11.3 Å². The van der Waals surface area contributed by atoms with E-state index in [-0.39, 0.29) is 12.1 Å². The smallest absolute Gasteiger partial charge is 0.262 e. The van der Waals surface area contributed by atoms with Crippen LogP contribution in [0.5, 0.6) is 0 Å². The van der Waals surface area contributed by atoms with E-state index in [9.17, 15) is 8.76 Å². The Bertz CT molecular complexity index is 870. The summed E-state index contributed by atoms with van der Waals surface area (Å²) in [4.78, 5) is 0. The number of aryl methyl sites for hydroxylation is 1. The molecule has 140 valence electrons. The van der Waals surface area contributed by atoms with Gasteiger partial charge in [0.1, 0.15) is 0 Å². The number of nitrogens with one attached hydrogen (secondary N) is 1. The number of anilines is 1. The van der Waals surface area contributed by atoms with Crippen LogP contribution in [0.2, 0.25) is 0 Å². The molecule has 3 aromatic rings. The summed E-state index contributed by atoms with van der Waals surface area (Å²) in [6.45, 7) is 2.00. The second-order valence-corrected chi connectivity index (χ2v) is 7.28.